The average Bonchev–Trinajstić information content (AvgIpc) is 3.22. The number of nitrogens with zero attached hydrogens (tertiary/aromatic N) is 4. The van der Waals surface area contributed by atoms with Crippen LogP contribution in [0.1, 0.15) is 12.6 Å². The fourth-order valence-electron chi connectivity index (χ4n) is 2.67. The SMILES string of the molecule is COC(C)(Cc1csc(Nc2ncc(Br)cc2Oc2ccccc2)n1)C(=O)NN=CN(C)C. The van der Waals surface area contributed by atoms with Crippen molar-refractivity contribution in [2.75, 3.05) is 26.5 Å². The summed E-state index contributed by atoms with van der Waals surface area (Å²) >= 11 is 4.83. The Hall–Kier alpha value is -3.02. The number of para-hydroxylation sites is 1. The summed E-state index contributed by atoms with van der Waals surface area (Å²) in [5.74, 6) is 1.40. The highest BCUT2D eigenvalue weighted by atomic mass is 79.9. The van der Waals surface area contributed by atoms with Crippen LogP contribution >= 0.6 is 27.3 Å². The monoisotopic (exact) mass is 532 g/mol. The van der Waals surface area contributed by atoms with E-state index in [0.717, 1.165) is 4.47 Å². The molecular weight excluding hydrogens is 508 g/mol. The topological polar surface area (TPSA) is 101 Å². The van der Waals surface area contributed by atoms with Gasteiger partial charge in [0.25, 0.3) is 5.91 Å². The van der Waals surface area contributed by atoms with E-state index >= 15 is 0 Å². The molecule has 1 aromatic carbocycles. The van der Waals surface area contributed by atoms with Crippen LogP contribution in [-0.4, -0.2) is 53.9 Å². The van der Waals surface area contributed by atoms with Gasteiger partial charge in [0, 0.05) is 49.7 Å². The number of halogens is 1. The van der Waals surface area contributed by atoms with Gasteiger partial charge in [0.05, 0.1) is 5.69 Å². The number of amides is 1. The number of hydrogen-bond acceptors (Lipinski definition) is 8. The highest BCUT2D eigenvalue weighted by Crippen LogP contribution is 2.33. The van der Waals surface area contributed by atoms with Crippen LogP contribution in [-0.2, 0) is 16.0 Å². The number of aromatic nitrogens is 2. The maximum atomic E-state index is 12.6. The molecule has 174 valence electrons. The molecule has 11 heteroatoms. The summed E-state index contributed by atoms with van der Waals surface area (Å²) in [6.45, 7) is 1.70. The van der Waals surface area contributed by atoms with Crippen molar-refractivity contribution in [2.45, 2.75) is 18.9 Å². The lowest BCUT2D eigenvalue weighted by molar-refractivity contribution is -0.141. The largest absolute Gasteiger partial charge is 0.453 e. The number of rotatable bonds is 10. The highest BCUT2D eigenvalue weighted by Gasteiger charge is 2.34. The first kappa shape index (κ1) is 24.6. The van der Waals surface area contributed by atoms with Crippen molar-refractivity contribution in [3.63, 3.8) is 0 Å². The summed E-state index contributed by atoms with van der Waals surface area (Å²) in [5.41, 5.74) is 2.06. The molecule has 0 spiro atoms. The number of carbonyl (C=O) groups excluding carboxylic acids is 1. The number of ether oxygens (including phenoxy) is 2. The summed E-state index contributed by atoms with van der Waals surface area (Å²) in [4.78, 5) is 23.3. The minimum absolute atomic E-state index is 0.270. The Morgan fingerprint density at radius 3 is 2.79 bits per heavy atom. The van der Waals surface area contributed by atoms with E-state index in [1.165, 1.54) is 24.8 Å². The van der Waals surface area contributed by atoms with Gasteiger partial charge >= 0.3 is 0 Å². The number of benzene rings is 1. The fraction of sp³-hybridized carbons (Fsp3) is 0.273. The lowest BCUT2D eigenvalue weighted by Crippen LogP contribution is -2.46. The van der Waals surface area contributed by atoms with Crippen LogP contribution in [0, 0.1) is 0 Å². The first-order valence-electron chi connectivity index (χ1n) is 9.94. The maximum absolute atomic E-state index is 12.6. The lowest BCUT2D eigenvalue weighted by atomic mass is 9.99. The predicted molar refractivity (Wildman–Crippen MR) is 133 cm³/mol. The van der Waals surface area contributed by atoms with Crippen LogP contribution in [0.3, 0.4) is 0 Å². The molecule has 3 aromatic rings. The average molecular weight is 533 g/mol. The normalized spacial score (nSPS) is 12.9. The van der Waals surface area contributed by atoms with Crippen molar-refractivity contribution in [3.05, 3.63) is 58.1 Å². The molecule has 1 atom stereocenters. The van der Waals surface area contributed by atoms with Gasteiger partial charge in [-0.05, 0) is 35.0 Å². The van der Waals surface area contributed by atoms with Crippen LogP contribution in [0.5, 0.6) is 11.5 Å². The van der Waals surface area contributed by atoms with Gasteiger partial charge in [-0.25, -0.2) is 15.4 Å². The lowest BCUT2D eigenvalue weighted by Gasteiger charge is -2.24. The first-order valence-corrected chi connectivity index (χ1v) is 11.6. The Morgan fingerprint density at radius 1 is 1.33 bits per heavy atom. The molecule has 3 rings (SSSR count). The number of thiazole rings is 1. The van der Waals surface area contributed by atoms with Crippen LogP contribution in [0.25, 0.3) is 0 Å². The van der Waals surface area contributed by atoms with Crippen molar-refractivity contribution < 1.29 is 14.3 Å². The number of methoxy groups -OCH3 is 1. The van der Waals surface area contributed by atoms with Gasteiger partial charge in [-0.15, -0.1) is 11.3 Å². The molecule has 0 aliphatic carbocycles. The zero-order valence-electron chi connectivity index (χ0n) is 18.7. The van der Waals surface area contributed by atoms with E-state index in [1.54, 1.807) is 18.0 Å². The van der Waals surface area contributed by atoms with Crippen molar-refractivity contribution in [1.29, 1.82) is 0 Å². The van der Waals surface area contributed by atoms with Crippen molar-refractivity contribution in [3.8, 4) is 11.5 Å². The molecule has 33 heavy (non-hydrogen) atoms. The third-order valence-electron chi connectivity index (χ3n) is 4.47. The molecule has 2 N–H and O–H groups in total. The molecule has 1 amide bonds. The van der Waals surface area contributed by atoms with Gasteiger partial charge in [-0.1, -0.05) is 18.2 Å². The summed E-state index contributed by atoms with van der Waals surface area (Å²) in [6.07, 6.45) is 3.45. The van der Waals surface area contributed by atoms with Crippen LogP contribution in [0.2, 0.25) is 0 Å². The van der Waals surface area contributed by atoms with E-state index < -0.39 is 5.60 Å². The quantitative estimate of drug-likeness (QED) is 0.226. The van der Waals surface area contributed by atoms with E-state index in [0.29, 0.717) is 28.1 Å². The molecule has 0 bridgehead atoms. The predicted octanol–water partition coefficient (Wildman–Crippen LogP) is 4.41. The molecule has 0 saturated heterocycles. The minimum Gasteiger partial charge on any atom is -0.453 e. The van der Waals surface area contributed by atoms with Gasteiger partial charge in [0.15, 0.2) is 22.3 Å². The van der Waals surface area contributed by atoms with Crippen LogP contribution in [0.4, 0.5) is 10.9 Å². The standard InChI is InChI=1S/C22H25BrN6O3S/c1-22(31-4,20(30)28-25-14-29(2)3)11-16-13-33-21(26-16)27-19-18(10-15(23)12-24-19)32-17-8-6-5-7-9-17/h5-10,12-14H,11H2,1-4H3,(H,28,30)(H,24,26,27). The van der Waals surface area contributed by atoms with Gasteiger partial charge < -0.3 is 19.7 Å². The van der Waals surface area contributed by atoms with Crippen LogP contribution < -0.4 is 15.5 Å². The number of anilines is 2. The molecule has 2 heterocycles. The Labute approximate surface area is 205 Å². The second-order valence-electron chi connectivity index (χ2n) is 7.45. The second-order valence-corrected chi connectivity index (χ2v) is 9.22. The van der Waals surface area contributed by atoms with Gasteiger partial charge in [-0.2, -0.15) is 5.10 Å². The van der Waals surface area contributed by atoms with Crippen molar-refractivity contribution in [2.24, 2.45) is 5.10 Å². The molecule has 1 unspecified atom stereocenters. The summed E-state index contributed by atoms with van der Waals surface area (Å²) in [7, 11) is 5.11. The molecule has 9 nitrogen and oxygen atoms in total. The van der Waals surface area contributed by atoms with Crippen molar-refractivity contribution in [1.82, 2.24) is 20.3 Å². The minimum atomic E-state index is -1.13. The Balaban J connectivity index is 1.72. The van der Waals surface area contributed by atoms with E-state index in [9.17, 15) is 4.79 Å². The number of hydrogen-bond donors (Lipinski definition) is 2. The maximum Gasteiger partial charge on any atom is 0.272 e. The van der Waals surface area contributed by atoms with Crippen molar-refractivity contribution >= 4 is 50.5 Å². The molecule has 2 aromatic heterocycles. The third-order valence-corrected chi connectivity index (χ3v) is 5.71. The number of nitrogens with one attached hydrogen (secondary N) is 2. The first-order chi connectivity index (χ1) is 15.8. The highest BCUT2D eigenvalue weighted by molar-refractivity contribution is 9.10. The molecule has 0 saturated carbocycles. The smallest absolute Gasteiger partial charge is 0.272 e. The zero-order chi connectivity index (χ0) is 23.8. The molecular formula is C22H25BrN6O3S. The Kier molecular flexibility index (Phi) is 8.37. The Morgan fingerprint density at radius 2 is 2.09 bits per heavy atom. The summed E-state index contributed by atoms with van der Waals surface area (Å²) in [6, 6.07) is 11.3. The molecule has 0 fully saturated rings. The molecule has 0 aliphatic rings. The Bertz CT molecular complexity index is 1110. The summed E-state index contributed by atoms with van der Waals surface area (Å²) in [5, 5.41) is 9.58. The van der Waals surface area contributed by atoms with Gasteiger partial charge in [0.1, 0.15) is 12.1 Å². The fourth-order valence-corrected chi connectivity index (χ4v) is 3.69. The summed E-state index contributed by atoms with van der Waals surface area (Å²) < 4.78 is 12.3. The van der Waals surface area contributed by atoms with E-state index in [1.807, 2.05) is 55.9 Å². The van der Waals surface area contributed by atoms with Gasteiger partial charge in [0.2, 0.25) is 0 Å². The molecule has 0 radical (unpaired) electrons. The van der Waals surface area contributed by atoms with E-state index in [2.05, 4.69) is 41.7 Å². The van der Waals surface area contributed by atoms with E-state index in [-0.39, 0.29) is 12.3 Å². The molecule has 0 aliphatic heterocycles. The van der Waals surface area contributed by atoms with E-state index in [4.69, 9.17) is 9.47 Å². The third kappa shape index (κ3) is 6.98. The number of carbonyl (C=O) groups is 1. The van der Waals surface area contributed by atoms with Gasteiger partial charge in [-0.3, -0.25) is 4.79 Å². The number of hydrazone groups is 1. The number of pyridine rings is 1. The van der Waals surface area contributed by atoms with Crippen LogP contribution in [0.15, 0.2) is 57.5 Å². The zero-order valence-corrected chi connectivity index (χ0v) is 21.1. The second kappa shape index (κ2) is 11.2.